The van der Waals surface area contributed by atoms with E-state index in [2.05, 4.69) is 6.58 Å². The lowest BCUT2D eigenvalue weighted by atomic mass is 10.2. The molecule has 0 saturated heterocycles. The maximum Gasteiger partial charge on any atom is -0.00562 e. The van der Waals surface area contributed by atoms with Crippen molar-refractivity contribution in [3.8, 4) is 0 Å². The van der Waals surface area contributed by atoms with Crippen molar-refractivity contribution in [3.63, 3.8) is 0 Å². The van der Waals surface area contributed by atoms with Crippen LogP contribution in [0.25, 0.3) is 0 Å². The van der Waals surface area contributed by atoms with Gasteiger partial charge in [0, 0.05) is 0 Å². The summed E-state index contributed by atoms with van der Waals surface area (Å²) in [5.74, 6) is 0. The highest BCUT2D eigenvalue weighted by atomic mass is 14.5. The first-order valence-electron chi connectivity index (χ1n) is 2.80. The van der Waals surface area contributed by atoms with E-state index in [1.807, 2.05) is 24.3 Å². The van der Waals surface area contributed by atoms with Crippen molar-refractivity contribution in [2.24, 2.45) is 5.73 Å². The van der Waals surface area contributed by atoms with Gasteiger partial charge in [0.15, 0.2) is 0 Å². The third kappa shape index (κ3) is 1.11. The molecule has 0 aromatic heterocycles. The first-order valence-corrected chi connectivity index (χ1v) is 2.80. The highest BCUT2D eigenvalue weighted by Gasteiger charge is 1.97. The number of hydrogen-bond donors (Lipinski definition) is 1. The molecule has 0 aliphatic heterocycles. The van der Waals surface area contributed by atoms with Gasteiger partial charge in [-0.2, -0.15) is 0 Å². The standard InChI is InChI=1S/C8H9N/c1-7-3-2-4-8(7)5-6-9/h2-6H,1,9H2. The lowest BCUT2D eigenvalue weighted by Gasteiger charge is -1.91. The second kappa shape index (κ2) is 2.35. The van der Waals surface area contributed by atoms with Crippen molar-refractivity contribution in [1.29, 1.82) is 0 Å². The van der Waals surface area contributed by atoms with Gasteiger partial charge in [-0.15, -0.1) is 0 Å². The lowest BCUT2D eigenvalue weighted by Crippen LogP contribution is -1.79. The maximum atomic E-state index is 5.18. The third-order valence-corrected chi connectivity index (χ3v) is 1.22. The van der Waals surface area contributed by atoms with Crippen LogP contribution in [0.1, 0.15) is 0 Å². The van der Waals surface area contributed by atoms with Crippen LogP contribution in [0.2, 0.25) is 0 Å². The molecule has 9 heavy (non-hydrogen) atoms. The van der Waals surface area contributed by atoms with E-state index in [0.717, 1.165) is 11.1 Å². The number of allylic oxidation sites excluding steroid dienone is 6. The summed E-state index contributed by atoms with van der Waals surface area (Å²) in [6.07, 6.45) is 9.24. The van der Waals surface area contributed by atoms with Crippen molar-refractivity contribution in [2.45, 2.75) is 0 Å². The molecule has 0 spiro atoms. The van der Waals surface area contributed by atoms with Crippen LogP contribution in [-0.4, -0.2) is 0 Å². The van der Waals surface area contributed by atoms with Gasteiger partial charge in [0.1, 0.15) is 0 Å². The van der Waals surface area contributed by atoms with Crippen molar-refractivity contribution in [1.82, 2.24) is 0 Å². The van der Waals surface area contributed by atoms with E-state index < -0.39 is 0 Å². The Morgan fingerprint density at radius 1 is 1.56 bits per heavy atom. The summed E-state index contributed by atoms with van der Waals surface area (Å²) < 4.78 is 0. The molecule has 46 valence electrons. The van der Waals surface area contributed by atoms with E-state index in [1.54, 1.807) is 0 Å². The quantitative estimate of drug-likeness (QED) is 0.556. The molecule has 1 aliphatic carbocycles. The highest BCUT2D eigenvalue weighted by molar-refractivity contribution is 5.51. The summed E-state index contributed by atoms with van der Waals surface area (Å²) in [6, 6.07) is 0. The summed E-state index contributed by atoms with van der Waals surface area (Å²) in [5.41, 5.74) is 7.30. The second-order valence-corrected chi connectivity index (χ2v) is 1.87. The van der Waals surface area contributed by atoms with Gasteiger partial charge in [-0.25, -0.2) is 0 Å². The Labute approximate surface area is 54.9 Å². The Hall–Kier alpha value is -1.24. The Bertz CT molecular complexity index is 207. The molecule has 0 radical (unpaired) electrons. The Balaban J connectivity index is 2.76. The molecule has 0 aromatic carbocycles. The zero-order valence-corrected chi connectivity index (χ0v) is 5.17. The number of rotatable bonds is 1. The number of hydrogen-bond acceptors (Lipinski definition) is 1. The monoisotopic (exact) mass is 119 g/mol. The van der Waals surface area contributed by atoms with Crippen LogP contribution in [-0.2, 0) is 0 Å². The zero-order valence-electron chi connectivity index (χ0n) is 5.17. The van der Waals surface area contributed by atoms with Crippen LogP contribution in [0, 0.1) is 0 Å². The molecule has 1 rings (SSSR count). The fourth-order valence-electron chi connectivity index (χ4n) is 0.737. The smallest absolute Gasteiger partial charge is 0.00562 e. The first-order chi connectivity index (χ1) is 4.34. The molecule has 0 amide bonds. The molecule has 0 unspecified atom stereocenters. The van der Waals surface area contributed by atoms with E-state index in [1.165, 1.54) is 6.20 Å². The van der Waals surface area contributed by atoms with Gasteiger partial charge in [-0.1, -0.05) is 24.8 Å². The van der Waals surface area contributed by atoms with Crippen molar-refractivity contribution >= 4 is 0 Å². The van der Waals surface area contributed by atoms with Crippen molar-refractivity contribution in [3.05, 3.63) is 48.2 Å². The molecule has 0 fully saturated rings. The van der Waals surface area contributed by atoms with Crippen LogP contribution in [0.5, 0.6) is 0 Å². The van der Waals surface area contributed by atoms with Crippen molar-refractivity contribution in [2.75, 3.05) is 0 Å². The van der Waals surface area contributed by atoms with E-state index in [0.29, 0.717) is 0 Å². The minimum atomic E-state index is 1.02. The molecule has 0 atom stereocenters. The molecule has 0 heterocycles. The van der Waals surface area contributed by atoms with Crippen LogP contribution in [0.4, 0.5) is 0 Å². The fourth-order valence-corrected chi connectivity index (χ4v) is 0.737. The molecule has 0 bridgehead atoms. The molecule has 0 aromatic rings. The molecule has 1 aliphatic rings. The number of nitrogens with two attached hydrogens (primary N) is 1. The van der Waals surface area contributed by atoms with Gasteiger partial charge in [-0.3, -0.25) is 0 Å². The largest absolute Gasteiger partial charge is 0.405 e. The average molecular weight is 119 g/mol. The molecule has 1 heteroatoms. The first kappa shape index (κ1) is 5.89. The molecular weight excluding hydrogens is 110 g/mol. The lowest BCUT2D eigenvalue weighted by molar-refractivity contribution is 1.54. The molecule has 1 nitrogen and oxygen atoms in total. The van der Waals surface area contributed by atoms with Crippen LogP contribution in [0.3, 0.4) is 0 Å². The van der Waals surface area contributed by atoms with Crippen LogP contribution < -0.4 is 5.73 Å². The molecule has 0 saturated carbocycles. The minimum Gasteiger partial charge on any atom is -0.405 e. The highest BCUT2D eigenvalue weighted by Crippen LogP contribution is 2.16. The van der Waals surface area contributed by atoms with Crippen molar-refractivity contribution < 1.29 is 0 Å². The van der Waals surface area contributed by atoms with Crippen LogP contribution >= 0.6 is 0 Å². The predicted molar refractivity (Wildman–Crippen MR) is 39.7 cm³/mol. The van der Waals surface area contributed by atoms with Crippen LogP contribution in [0.15, 0.2) is 48.2 Å². The van der Waals surface area contributed by atoms with E-state index in [9.17, 15) is 0 Å². The van der Waals surface area contributed by atoms with Gasteiger partial charge >= 0.3 is 0 Å². The summed E-state index contributed by atoms with van der Waals surface area (Å²) in [4.78, 5) is 0. The SMILES string of the molecule is C=C1C=CC=C1C=CN. The van der Waals surface area contributed by atoms with Gasteiger partial charge in [0.05, 0.1) is 0 Å². The second-order valence-electron chi connectivity index (χ2n) is 1.87. The third-order valence-electron chi connectivity index (χ3n) is 1.22. The average Bonchev–Trinajstić information content (AvgIpc) is 2.18. The molecule has 2 N–H and O–H groups in total. The van der Waals surface area contributed by atoms with E-state index >= 15 is 0 Å². The Morgan fingerprint density at radius 2 is 2.33 bits per heavy atom. The van der Waals surface area contributed by atoms with Gasteiger partial charge in [-0.05, 0) is 23.4 Å². The zero-order chi connectivity index (χ0) is 6.69. The topological polar surface area (TPSA) is 26.0 Å². The van der Waals surface area contributed by atoms with Gasteiger partial charge in [0.25, 0.3) is 0 Å². The summed E-state index contributed by atoms with van der Waals surface area (Å²) in [7, 11) is 0. The molecular formula is C8H9N. The Kier molecular flexibility index (Phi) is 1.54. The Morgan fingerprint density at radius 3 is 2.78 bits per heavy atom. The van der Waals surface area contributed by atoms with E-state index in [-0.39, 0.29) is 0 Å². The van der Waals surface area contributed by atoms with Gasteiger partial charge in [0.2, 0.25) is 0 Å². The normalized spacial score (nSPS) is 17.3. The predicted octanol–water partition coefficient (Wildman–Crippen LogP) is 1.51. The summed E-state index contributed by atoms with van der Waals surface area (Å²) in [5, 5.41) is 0. The maximum absolute atomic E-state index is 5.18. The summed E-state index contributed by atoms with van der Waals surface area (Å²) in [6.45, 7) is 3.79. The van der Waals surface area contributed by atoms with E-state index in [4.69, 9.17) is 5.73 Å². The summed E-state index contributed by atoms with van der Waals surface area (Å²) >= 11 is 0. The fraction of sp³-hybridized carbons (Fsp3) is 0. The van der Waals surface area contributed by atoms with Gasteiger partial charge < -0.3 is 5.73 Å². The minimum absolute atomic E-state index is 1.02.